The molecule has 0 saturated carbocycles. The molecule has 3 heterocycles. The van der Waals surface area contributed by atoms with E-state index in [1.165, 1.54) is 24.4 Å². The van der Waals surface area contributed by atoms with E-state index in [-0.39, 0.29) is 17.5 Å². The molecule has 26 heavy (non-hydrogen) atoms. The second-order valence-corrected chi connectivity index (χ2v) is 6.28. The van der Waals surface area contributed by atoms with E-state index in [1.807, 2.05) is 0 Å². The molecule has 0 aliphatic carbocycles. The van der Waals surface area contributed by atoms with Crippen molar-refractivity contribution in [2.24, 2.45) is 5.92 Å². The molecule has 1 aromatic carbocycles. The predicted molar refractivity (Wildman–Crippen MR) is 83.5 cm³/mol. The monoisotopic (exact) mass is 359 g/mol. The van der Waals surface area contributed by atoms with Crippen LogP contribution in [0.15, 0.2) is 24.3 Å². The summed E-state index contributed by atoms with van der Waals surface area (Å²) in [6.45, 7) is -0.549. The molecule has 1 aromatic rings. The van der Waals surface area contributed by atoms with Crippen molar-refractivity contribution in [1.82, 2.24) is 4.90 Å². The van der Waals surface area contributed by atoms with Gasteiger partial charge < -0.3 is 14.9 Å². The van der Waals surface area contributed by atoms with Gasteiger partial charge in [0.1, 0.15) is 18.4 Å². The topological polar surface area (TPSA) is 124 Å². The average molecular weight is 359 g/mol. The van der Waals surface area contributed by atoms with E-state index in [4.69, 9.17) is 4.74 Å². The first-order valence-corrected chi connectivity index (χ1v) is 8.06. The Hall–Kier alpha value is -2.75. The maximum Gasteiger partial charge on any atom is 0.510 e. The Balaban J connectivity index is 1.97. The summed E-state index contributed by atoms with van der Waals surface area (Å²) in [6, 6.07) is 4.86. The molecule has 2 N–H and O–H groups in total. The maximum absolute atomic E-state index is 13.1. The fourth-order valence-electron chi connectivity index (χ4n) is 3.58. The number of ketones is 1. The molecular formula is C17H15N2O7+. The standard InChI is InChI=1S/C17H15N2O7/c20-7-10-14(23)12-13(22)8-3-1-2-4-9(8)15(24)19-11(21)5-6-18(17(19)25)16(12)26-10/h1-4,6,10,12,14,16,20,23H,5,7H2/q+1/t10-,12-,14-,16-/m1/s1. The zero-order valence-electron chi connectivity index (χ0n) is 13.4. The summed E-state index contributed by atoms with van der Waals surface area (Å²) in [7, 11) is 0. The molecule has 4 rings (SSSR count). The Bertz CT molecular complexity index is 878. The van der Waals surface area contributed by atoms with Gasteiger partial charge in [-0.3, -0.25) is 4.79 Å². The molecule has 1 saturated heterocycles. The Labute approximate surface area is 147 Å². The van der Waals surface area contributed by atoms with Crippen molar-refractivity contribution < 1.29 is 38.7 Å². The molecule has 1 fully saturated rings. The number of imide groups is 3. The largest absolute Gasteiger partial charge is 0.510 e. The van der Waals surface area contributed by atoms with Crippen LogP contribution in [-0.2, 0) is 9.53 Å². The van der Waals surface area contributed by atoms with Gasteiger partial charge >= 0.3 is 17.8 Å². The summed E-state index contributed by atoms with van der Waals surface area (Å²) in [6.07, 6.45) is -2.66. The van der Waals surface area contributed by atoms with Crippen molar-refractivity contribution in [3.63, 3.8) is 0 Å². The number of fused-ring (bicyclic) bond motifs is 5. The number of carbonyl (C=O) groups is 4. The minimum atomic E-state index is -1.37. The Morgan fingerprint density at radius 2 is 1.85 bits per heavy atom. The van der Waals surface area contributed by atoms with Gasteiger partial charge in [-0.25, -0.2) is 9.59 Å². The van der Waals surface area contributed by atoms with Gasteiger partial charge in [0.2, 0.25) is 6.23 Å². The van der Waals surface area contributed by atoms with E-state index in [9.17, 15) is 29.4 Å². The van der Waals surface area contributed by atoms with E-state index >= 15 is 0 Å². The van der Waals surface area contributed by atoms with Crippen molar-refractivity contribution in [3.8, 4) is 0 Å². The quantitative estimate of drug-likeness (QED) is 0.494. The van der Waals surface area contributed by atoms with Gasteiger partial charge in [0.15, 0.2) is 5.78 Å². The van der Waals surface area contributed by atoms with E-state index in [0.29, 0.717) is 4.90 Å². The van der Waals surface area contributed by atoms with Gasteiger partial charge in [-0.2, -0.15) is 9.37 Å². The number of benzene rings is 1. The van der Waals surface area contributed by atoms with Gasteiger partial charge in [0, 0.05) is 5.56 Å². The number of amides is 4. The molecule has 3 aliphatic heterocycles. The number of aliphatic hydroxyl groups excluding tert-OH is 2. The first-order valence-electron chi connectivity index (χ1n) is 8.06. The van der Waals surface area contributed by atoms with E-state index in [2.05, 4.69) is 0 Å². The molecule has 0 aromatic heterocycles. The molecule has 0 unspecified atom stereocenters. The number of hydrogen-bond donors (Lipinski definition) is 2. The lowest BCUT2D eigenvalue weighted by Crippen LogP contribution is -2.53. The Morgan fingerprint density at radius 3 is 2.54 bits per heavy atom. The summed E-state index contributed by atoms with van der Waals surface area (Å²) < 4.78 is 6.51. The van der Waals surface area contributed by atoms with Crippen LogP contribution in [0.1, 0.15) is 27.1 Å². The van der Waals surface area contributed by atoms with Gasteiger partial charge in [-0.15, -0.1) is 0 Å². The van der Waals surface area contributed by atoms with E-state index in [1.54, 1.807) is 6.07 Å². The van der Waals surface area contributed by atoms with E-state index in [0.717, 1.165) is 4.58 Å². The maximum atomic E-state index is 13.1. The lowest BCUT2D eigenvalue weighted by atomic mass is 9.88. The Kier molecular flexibility index (Phi) is 3.79. The number of nitrogens with zero attached hydrogens (tertiary/aromatic N) is 2. The third-order valence-corrected chi connectivity index (χ3v) is 4.88. The molecule has 0 radical (unpaired) electrons. The van der Waals surface area contributed by atoms with Gasteiger partial charge in [0.25, 0.3) is 0 Å². The van der Waals surface area contributed by atoms with Crippen molar-refractivity contribution in [3.05, 3.63) is 35.4 Å². The zero-order valence-corrected chi connectivity index (χ0v) is 13.4. The molecule has 9 heteroatoms. The number of ether oxygens (including phenoxy) is 1. The molecule has 4 amide bonds. The fraction of sp³-hybridized carbons (Fsp3) is 0.353. The number of carbonyl (C=O) groups excluding carboxylic acids is 4. The molecule has 134 valence electrons. The van der Waals surface area contributed by atoms with Crippen LogP contribution < -0.4 is 0 Å². The summed E-state index contributed by atoms with van der Waals surface area (Å²) in [5.41, 5.74) is -0.107. The van der Waals surface area contributed by atoms with Crippen LogP contribution in [-0.4, -0.2) is 74.6 Å². The normalized spacial score (nSPS) is 31.0. The van der Waals surface area contributed by atoms with Crippen molar-refractivity contribution >= 4 is 29.8 Å². The summed E-state index contributed by atoms with van der Waals surface area (Å²) in [4.78, 5) is 51.3. The first-order chi connectivity index (χ1) is 12.5. The highest BCUT2D eigenvalue weighted by Gasteiger charge is 2.57. The highest BCUT2D eigenvalue weighted by molar-refractivity contribution is 6.21. The van der Waals surface area contributed by atoms with Crippen LogP contribution in [0, 0.1) is 5.92 Å². The highest BCUT2D eigenvalue weighted by Crippen LogP contribution is 2.34. The third-order valence-electron chi connectivity index (χ3n) is 4.88. The first kappa shape index (κ1) is 16.7. The van der Waals surface area contributed by atoms with Crippen LogP contribution in [0.4, 0.5) is 4.79 Å². The van der Waals surface area contributed by atoms with Crippen molar-refractivity contribution in [1.29, 1.82) is 0 Å². The minimum absolute atomic E-state index is 0.0110. The number of urea groups is 1. The number of Topliss-reactive ketones (excluding diaryl/α,β-unsaturated/α-hetero) is 1. The molecular weight excluding hydrogens is 344 g/mol. The SMILES string of the molecule is O=C1c2ccccc2C(=O)N2C(=O)CC=[N+](C2=O)[C@@H]2O[C@H](CO)[C@@H](O)[C@@H]12. The number of aliphatic hydroxyl groups is 2. The molecule has 2 bridgehead atoms. The number of rotatable bonds is 1. The van der Waals surface area contributed by atoms with E-state index < -0.39 is 54.6 Å². The van der Waals surface area contributed by atoms with Crippen LogP contribution in [0.2, 0.25) is 0 Å². The van der Waals surface area contributed by atoms with Crippen LogP contribution in [0.3, 0.4) is 0 Å². The highest BCUT2D eigenvalue weighted by atomic mass is 16.5. The van der Waals surface area contributed by atoms with Crippen LogP contribution in [0.5, 0.6) is 0 Å². The van der Waals surface area contributed by atoms with Gasteiger partial charge in [0.05, 0.1) is 24.5 Å². The lowest BCUT2D eigenvalue weighted by molar-refractivity contribution is -0.534. The smallest absolute Gasteiger partial charge is 0.394 e. The van der Waals surface area contributed by atoms with Gasteiger partial charge in [-0.05, 0) is 6.07 Å². The molecule has 9 nitrogen and oxygen atoms in total. The summed E-state index contributed by atoms with van der Waals surface area (Å²) in [5.74, 6) is -3.40. The second kappa shape index (κ2) is 5.90. The molecule has 3 aliphatic rings. The van der Waals surface area contributed by atoms with Crippen LogP contribution in [0.25, 0.3) is 0 Å². The second-order valence-electron chi connectivity index (χ2n) is 6.28. The fourth-order valence-corrected chi connectivity index (χ4v) is 3.58. The van der Waals surface area contributed by atoms with Gasteiger partial charge in [-0.1, -0.05) is 23.1 Å². The zero-order chi connectivity index (χ0) is 18.6. The third kappa shape index (κ3) is 2.18. The lowest BCUT2D eigenvalue weighted by Gasteiger charge is -2.21. The van der Waals surface area contributed by atoms with Crippen molar-refractivity contribution in [2.75, 3.05) is 6.61 Å². The molecule has 4 atom stereocenters. The summed E-state index contributed by atoms with van der Waals surface area (Å²) >= 11 is 0. The van der Waals surface area contributed by atoms with Crippen molar-refractivity contribution in [2.45, 2.75) is 24.9 Å². The summed E-state index contributed by atoms with van der Waals surface area (Å²) in [5, 5.41) is 19.9. The average Bonchev–Trinajstić information content (AvgIpc) is 2.97. The molecule has 0 spiro atoms. The predicted octanol–water partition coefficient (Wildman–Crippen LogP) is -0.847. The van der Waals surface area contributed by atoms with Crippen LogP contribution >= 0.6 is 0 Å². The minimum Gasteiger partial charge on any atom is -0.394 e. The number of hydrogen-bond acceptors (Lipinski definition) is 7. The Morgan fingerprint density at radius 1 is 1.15 bits per heavy atom.